The van der Waals surface area contributed by atoms with Gasteiger partial charge in [-0.05, 0) is 70.4 Å². The number of halogens is 1. The number of benzene rings is 1. The summed E-state index contributed by atoms with van der Waals surface area (Å²) in [5, 5.41) is 8.10. The van der Waals surface area contributed by atoms with E-state index < -0.39 is 6.04 Å². The summed E-state index contributed by atoms with van der Waals surface area (Å²) in [5.74, 6) is 0.350. The van der Waals surface area contributed by atoms with Crippen LogP contribution in [0.3, 0.4) is 0 Å². The van der Waals surface area contributed by atoms with Gasteiger partial charge in [0.1, 0.15) is 35.3 Å². The number of carbonyl (C=O) groups excluding carboxylic acids is 3. The van der Waals surface area contributed by atoms with Crippen LogP contribution in [0.25, 0.3) is 22.0 Å². The van der Waals surface area contributed by atoms with Crippen LogP contribution in [0.5, 0.6) is 0 Å². The molecule has 3 atom stereocenters. The van der Waals surface area contributed by atoms with E-state index in [-0.39, 0.29) is 41.3 Å². The highest BCUT2D eigenvalue weighted by molar-refractivity contribution is 9.10. The first-order chi connectivity index (χ1) is 20.1. The Morgan fingerprint density at radius 1 is 1.12 bits per heavy atom. The van der Waals surface area contributed by atoms with E-state index in [0.29, 0.717) is 40.2 Å². The van der Waals surface area contributed by atoms with Crippen LogP contribution in [-0.2, 0) is 27.5 Å². The van der Waals surface area contributed by atoms with Crippen molar-refractivity contribution < 1.29 is 19.1 Å². The van der Waals surface area contributed by atoms with Crippen LogP contribution in [0, 0.1) is 12.3 Å². The number of anilines is 1. The van der Waals surface area contributed by atoms with Crippen molar-refractivity contribution in [2.75, 3.05) is 12.4 Å². The van der Waals surface area contributed by atoms with Crippen LogP contribution in [0.1, 0.15) is 48.6 Å². The van der Waals surface area contributed by atoms with Gasteiger partial charge in [-0.25, -0.2) is 15.0 Å². The van der Waals surface area contributed by atoms with Gasteiger partial charge in [0.25, 0.3) is 0 Å². The summed E-state index contributed by atoms with van der Waals surface area (Å²) in [4.78, 5) is 54.6. The van der Waals surface area contributed by atoms with Gasteiger partial charge < -0.3 is 15.0 Å². The van der Waals surface area contributed by atoms with Crippen LogP contribution in [-0.4, -0.2) is 66.4 Å². The first-order valence-corrected chi connectivity index (χ1v) is 14.4. The van der Waals surface area contributed by atoms with Gasteiger partial charge in [0.05, 0.1) is 5.52 Å². The van der Waals surface area contributed by atoms with E-state index in [0.717, 1.165) is 23.1 Å². The Hall–Kier alpha value is -4.03. The number of aryl methyl sites for hydroxylation is 1. The number of fused-ring (bicyclic) bond motifs is 2. The zero-order valence-electron chi connectivity index (χ0n) is 23.7. The number of carbonyl (C=O) groups is 3. The first-order valence-electron chi connectivity index (χ1n) is 13.6. The third-order valence-corrected chi connectivity index (χ3v) is 8.65. The monoisotopic (exact) mass is 631 g/mol. The molecule has 4 aromatic rings. The molecule has 11 nitrogen and oxygen atoms in total. The molecule has 1 saturated carbocycles. The maximum absolute atomic E-state index is 13.8. The maximum atomic E-state index is 13.8. The molecule has 1 aliphatic heterocycles. The van der Waals surface area contributed by atoms with Gasteiger partial charge in [0, 0.05) is 43.4 Å². The molecule has 2 amide bonds. The molecule has 3 aromatic heterocycles. The molecule has 1 aliphatic carbocycles. The summed E-state index contributed by atoms with van der Waals surface area (Å²) in [6.07, 6.45) is 4.85. The van der Waals surface area contributed by atoms with Gasteiger partial charge in [0.2, 0.25) is 11.8 Å². The van der Waals surface area contributed by atoms with Crippen molar-refractivity contribution in [1.29, 1.82) is 0 Å². The fourth-order valence-electron chi connectivity index (χ4n) is 5.85. The van der Waals surface area contributed by atoms with Gasteiger partial charge in [-0.15, -0.1) is 0 Å². The predicted octanol–water partition coefficient (Wildman–Crippen LogP) is 4.33. The number of piperidine rings is 1. The summed E-state index contributed by atoms with van der Waals surface area (Å²) in [5.41, 5.74) is 3.27. The lowest BCUT2D eigenvalue weighted by Gasteiger charge is -2.27. The zero-order valence-corrected chi connectivity index (χ0v) is 25.3. The van der Waals surface area contributed by atoms with E-state index in [4.69, 9.17) is 4.74 Å². The smallest absolute Gasteiger partial charge is 0.248 e. The van der Waals surface area contributed by atoms with Crippen molar-refractivity contribution in [1.82, 2.24) is 29.6 Å². The third kappa shape index (κ3) is 5.09. The molecule has 42 heavy (non-hydrogen) atoms. The van der Waals surface area contributed by atoms with E-state index in [2.05, 4.69) is 48.2 Å². The molecule has 4 heterocycles. The van der Waals surface area contributed by atoms with Gasteiger partial charge in [-0.2, -0.15) is 5.10 Å². The number of pyridine rings is 1. The molecular formula is C30H30BrN7O4. The number of ether oxygens (including phenoxy) is 1. The zero-order chi connectivity index (χ0) is 29.8. The van der Waals surface area contributed by atoms with Gasteiger partial charge in [0.15, 0.2) is 11.6 Å². The number of Topliss-reactive ketones (excluding diaryl/α,β-unsaturated/α-hetero) is 1. The number of amides is 2. The number of likely N-dealkylation sites (tertiary alicyclic amines) is 1. The Balaban J connectivity index is 1.27. The third-order valence-electron chi connectivity index (χ3n) is 8.21. The van der Waals surface area contributed by atoms with E-state index in [1.54, 1.807) is 29.1 Å². The normalized spacial score (nSPS) is 20.9. The molecule has 0 bridgehead atoms. The Morgan fingerprint density at radius 3 is 2.60 bits per heavy atom. The Morgan fingerprint density at radius 2 is 1.88 bits per heavy atom. The van der Waals surface area contributed by atoms with Crippen molar-refractivity contribution in [2.45, 2.75) is 58.8 Å². The van der Waals surface area contributed by atoms with Gasteiger partial charge in [-0.1, -0.05) is 19.1 Å². The summed E-state index contributed by atoms with van der Waals surface area (Å²) in [6, 6.07) is 8.64. The number of methoxy groups -OCH3 is 1. The molecule has 1 saturated heterocycles. The predicted molar refractivity (Wildman–Crippen MR) is 159 cm³/mol. The largest absolute Gasteiger partial charge is 0.377 e. The summed E-state index contributed by atoms with van der Waals surface area (Å²) >= 11 is 3.35. The maximum Gasteiger partial charge on any atom is 0.248 e. The molecule has 1 unspecified atom stereocenters. The van der Waals surface area contributed by atoms with Gasteiger partial charge >= 0.3 is 0 Å². The minimum absolute atomic E-state index is 0.0147. The Labute approximate surface area is 250 Å². The van der Waals surface area contributed by atoms with Crippen LogP contribution < -0.4 is 5.32 Å². The minimum atomic E-state index is -0.622. The number of nitrogens with one attached hydrogen (secondary N) is 1. The molecule has 216 valence electrons. The molecule has 1 N–H and O–H groups in total. The van der Waals surface area contributed by atoms with E-state index >= 15 is 0 Å². The van der Waals surface area contributed by atoms with Crippen molar-refractivity contribution in [3.8, 4) is 11.1 Å². The number of hydrogen-bond acceptors (Lipinski definition) is 8. The van der Waals surface area contributed by atoms with Gasteiger partial charge in [-0.3, -0.25) is 19.1 Å². The van der Waals surface area contributed by atoms with E-state index in [1.165, 1.54) is 6.92 Å². The van der Waals surface area contributed by atoms with Crippen LogP contribution in [0.4, 0.5) is 5.82 Å². The lowest BCUT2D eigenvalue weighted by atomic mass is 10.0. The second kappa shape index (κ2) is 10.7. The second-order valence-electron chi connectivity index (χ2n) is 11.3. The quantitative estimate of drug-likeness (QED) is 0.224. The number of ketones is 1. The van der Waals surface area contributed by atoms with E-state index in [9.17, 15) is 14.4 Å². The van der Waals surface area contributed by atoms with Crippen LogP contribution >= 0.6 is 15.9 Å². The molecule has 0 radical (unpaired) electrons. The lowest BCUT2D eigenvalue weighted by Crippen LogP contribution is -2.47. The standard InChI is InChI=1S/C30H30BrN7O4/c1-16-5-8-24(31)34-28(16)35-29(41)22-10-30(3)11-23(30)38(22)26(40)14-37-21-7-6-18(9-20(21)27(36-37)17(2)39)19-12-32-25(15-42-4)33-13-19/h5-9,12-13,22-23H,10-11,14-15H2,1-4H3,(H,34,35,41)/t22-,23?,30-/m0/s1. The highest BCUT2D eigenvalue weighted by Gasteiger charge is 2.64. The minimum Gasteiger partial charge on any atom is -0.377 e. The highest BCUT2D eigenvalue weighted by Crippen LogP contribution is 2.59. The Kier molecular flexibility index (Phi) is 7.14. The summed E-state index contributed by atoms with van der Waals surface area (Å²) < 4.78 is 7.26. The molecule has 6 rings (SSSR count). The van der Waals surface area contributed by atoms with Crippen LogP contribution in [0.15, 0.2) is 47.3 Å². The lowest BCUT2D eigenvalue weighted by molar-refractivity contribution is -0.138. The molecule has 2 fully saturated rings. The molecule has 12 heteroatoms. The first kappa shape index (κ1) is 28.1. The van der Waals surface area contributed by atoms with Crippen molar-refractivity contribution in [2.24, 2.45) is 5.41 Å². The highest BCUT2D eigenvalue weighted by atomic mass is 79.9. The topological polar surface area (TPSA) is 132 Å². The number of aromatic nitrogens is 5. The molecule has 1 aromatic carbocycles. The molecule has 0 spiro atoms. The van der Waals surface area contributed by atoms with Crippen molar-refractivity contribution in [3.63, 3.8) is 0 Å². The molecule has 2 aliphatic rings. The Bertz CT molecular complexity index is 1740. The van der Waals surface area contributed by atoms with Crippen LogP contribution in [0.2, 0.25) is 0 Å². The van der Waals surface area contributed by atoms with Crippen molar-refractivity contribution in [3.05, 3.63) is 64.4 Å². The number of rotatable bonds is 8. The fraction of sp³-hybridized carbons (Fsp3) is 0.367. The number of nitrogens with zero attached hydrogens (tertiary/aromatic N) is 6. The SMILES string of the molecule is COCc1ncc(-c2ccc3c(c2)c(C(C)=O)nn3CC(=O)N2C3C[C@]3(C)C[C@H]2C(=O)Nc2nc(Br)ccc2C)cn1. The number of hydrogen-bond donors (Lipinski definition) is 1. The second-order valence-corrected chi connectivity index (χ2v) is 12.1. The summed E-state index contributed by atoms with van der Waals surface area (Å²) in [7, 11) is 1.58. The average Bonchev–Trinajstić information content (AvgIpc) is 3.33. The summed E-state index contributed by atoms with van der Waals surface area (Å²) in [6.45, 7) is 5.66. The van der Waals surface area contributed by atoms with E-state index in [1.807, 2.05) is 37.3 Å². The fourth-order valence-corrected chi connectivity index (χ4v) is 6.16. The van der Waals surface area contributed by atoms with Crippen molar-refractivity contribution >= 4 is 50.2 Å². The molecular weight excluding hydrogens is 602 g/mol. The average molecular weight is 633 g/mol.